The standard InChI is InChI=1S/C18H31N3/c1-2-19-14-16-8-6-7-15(16)13-17-11-12-21(20-17)18-9-4-3-5-10-18/h11-12,15-16,18-19H,2-10,13-14H2,1H3. The van der Waals surface area contributed by atoms with E-state index in [2.05, 4.69) is 29.2 Å². The van der Waals surface area contributed by atoms with Crippen molar-refractivity contribution in [2.75, 3.05) is 13.1 Å². The van der Waals surface area contributed by atoms with Gasteiger partial charge in [0.2, 0.25) is 0 Å². The summed E-state index contributed by atoms with van der Waals surface area (Å²) >= 11 is 0. The number of rotatable bonds is 6. The highest BCUT2D eigenvalue weighted by Gasteiger charge is 2.27. The molecule has 0 saturated heterocycles. The number of nitrogens with one attached hydrogen (secondary N) is 1. The molecule has 3 nitrogen and oxygen atoms in total. The topological polar surface area (TPSA) is 29.9 Å². The van der Waals surface area contributed by atoms with Gasteiger partial charge in [0.1, 0.15) is 0 Å². The van der Waals surface area contributed by atoms with E-state index in [4.69, 9.17) is 5.10 Å². The summed E-state index contributed by atoms with van der Waals surface area (Å²) in [5.74, 6) is 1.71. The van der Waals surface area contributed by atoms with Gasteiger partial charge in [0.05, 0.1) is 11.7 Å². The van der Waals surface area contributed by atoms with Crippen molar-refractivity contribution in [1.82, 2.24) is 15.1 Å². The molecule has 0 aromatic carbocycles. The Kier molecular flexibility index (Phi) is 5.34. The zero-order chi connectivity index (χ0) is 14.5. The van der Waals surface area contributed by atoms with E-state index in [9.17, 15) is 0 Å². The van der Waals surface area contributed by atoms with Crippen LogP contribution in [-0.2, 0) is 6.42 Å². The third-order valence-corrected chi connectivity index (χ3v) is 5.56. The van der Waals surface area contributed by atoms with Gasteiger partial charge < -0.3 is 5.32 Å². The fraction of sp³-hybridized carbons (Fsp3) is 0.833. The Morgan fingerprint density at radius 3 is 2.71 bits per heavy atom. The van der Waals surface area contributed by atoms with Crippen molar-refractivity contribution in [3.05, 3.63) is 18.0 Å². The van der Waals surface area contributed by atoms with Gasteiger partial charge in [-0.1, -0.05) is 32.6 Å². The fourth-order valence-electron chi connectivity index (χ4n) is 4.28. The Balaban J connectivity index is 1.56. The third kappa shape index (κ3) is 3.88. The second-order valence-corrected chi connectivity index (χ2v) is 7.04. The fourth-order valence-corrected chi connectivity index (χ4v) is 4.28. The van der Waals surface area contributed by atoms with Gasteiger partial charge in [0.15, 0.2) is 0 Å². The number of nitrogens with zero attached hydrogens (tertiary/aromatic N) is 2. The Labute approximate surface area is 129 Å². The van der Waals surface area contributed by atoms with Crippen LogP contribution in [-0.4, -0.2) is 22.9 Å². The number of aromatic nitrogens is 2. The van der Waals surface area contributed by atoms with E-state index in [1.165, 1.54) is 70.0 Å². The lowest BCUT2D eigenvalue weighted by atomic mass is 9.91. The molecule has 2 atom stereocenters. The molecule has 0 spiro atoms. The average Bonchev–Trinajstić information content (AvgIpc) is 3.16. The summed E-state index contributed by atoms with van der Waals surface area (Å²) in [7, 11) is 0. The second kappa shape index (κ2) is 7.44. The molecule has 2 aliphatic carbocycles. The van der Waals surface area contributed by atoms with Gasteiger partial charge in [-0.25, -0.2) is 0 Å². The average molecular weight is 289 g/mol. The molecule has 2 fully saturated rings. The predicted molar refractivity (Wildman–Crippen MR) is 87.4 cm³/mol. The van der Waals surface area contributed by atoms with Gasteiger partial charge in [0, 0.05) is 6.20 Å². The van der Waals surface area contributed by atoms with Crippen LogP contribution in [0.25, 0.3) is 0 Å². The van der Waals surface area contributed by atoms with Crippen LogP contribution in [0.3, 0.4) is 0 Å². The summed E-state index contributed by atoms with van der Waals surface area (Å²) < 4.78 is 2.27. The molecule has 118 valence electrons. The maximum absolute atomic E-state index is 4.91. The zero-order valence-electron chi connectivity index (χ0n) is 13.6. The van der Waals surface area contributed by atoms with E-state index in [0.29, 0.717) is 6.04 Å². The molecule has 0 radical (unpaired) electrons. The Morgan fingerprint density at radius 1 is 1.10 bits per heavy atom. The SMILES string of the molecule is CCNCC1CCCC1Cc1ccn(C2CCCCC2)n1. The van der Waals surface area contributed by atoms with Crippen LogP contribution in [0.5, 0.6) is 0 Å². The van der Waals surface area contributed by atoms with E-state index in [1.54, 1.807) is 0 Å². The lowest BCUT2D eigenvalue weighted by molar-refractivity contribution is 0.324. The summed E-state index contributed by atoms with van der Waals surface area (Å²) in [6, 6.07) is 2.95. The monoisotopic (exact) mass is 289 g/mol. The highest BCUT2D eigenvalue weighted by atomic mass is 15.3. The van der Waals surface area contributed by atoms with Crippen molar-refractivity contribution in [3.8, 4) is 0 Å². The molecule has 2 saturated carbocycles. The highest BCUT2D eigenvalue weighted by molar-refractivity contribution is 5.03. The van der Waals surface area contributed by atoms with Crippen molar-refractivity contribution in [2.45, 2.75) is 70.8 Å². The molecule has 1 aromatic rings. The minimum absolute atomic E-state index is 0.675. The predicted octanol–water partition coefficient (Wildman–Crippen LogP) is 3.96. The Hall–Kier alpha value is -0.830. The summed E-state index contributed by atoms with van der Waals surface area (Å²) in [4.78, 5) is 0. The lowest BCUT2D eigenvalue weighted by Crippen LogP contribution is -2.26. The van der Waals surface area contributed by atoms with E-state index in [-0.39, 0.29) is 0 Å². The van der Waals surface area contributed by atoms with E-state index in [1.807, 2.05) is 0 Å². The zero-order valence-corrected chi connectivity index (χ0v) is 13.6. The third-order valence-electron chi connectivity index (χ3n) is 5.56. The Bertz CT molecular complexity index is 420. The van der Waals surface area contributed by atoms with Crippen LogP contribution in [0.15, 0.2) is 12.3 Å². The molecule has 1 heterocycles. The molecule has 0 amide bonds. The van der Waals surface area contributed by atoms with Crippen molar-refractivity contribution in [2.24, 2.45) is 11.8 Å². The smallest absolute Gasteiger partial charge is 0.0627 e. The molecule has 21 heavy (non-hydrogen) atoms. The number of hydrogen-bond acceptors (Lipinski definition) is 2. The van der Waals surface area contributed by atoms with Gasteiger partial charge in [-0.15, -0.1) is 0 Å². The first-order valence-corrected chi connectivity index (χ1v) is 9.11. The molecule has 0 aliphatic heterocycles. The highest BCUT2D eigenvalue weighted by Crippen LogP contribution is 2.34. The minimum atomic E-state index is 0.675. The van der Waals surface area contributed by atoms with Crippen molar-refractivity contribution >= 4 is 0 Å². The van der Waals surface area contributed by atoms with Gasteiger partial charge in [-0.3, -0.25) is 4.68 Å². The maximum Gasteiger partial charge on any atom is 0.0627 e. The van der Waals surface area contributed by atoms with E-state index in [0.717, 1.165) is 18.4 Å². The van der Waals surface area contributed by atoms with E-state index >= 15 is 0 Å². The van der Waals surface area contributed by atoms with Crippen LogP contribution in [0, 0.1) is 11.8 Å². The first-order valence-electron chi connectivity index (χ1n) is 9.11. The molecule has 2 aliphatic rings. The summed E-state index contributed by atoms with van der Waals surface area (Å²) in [5.41, 5.74) is 1.33. The molecule has 3 heteroatoms. The summed E-state index contributed by atoms with van der Waals surface area (Å²) in [6.07, 6.45) is 14.5. The molecule has 3 rings (SSSR count). The van der Waals surface area contributed by atoms with Gasteiger partial charge in [-0.05, 0) is 63.1 Å². The van der Waals surface area contributed by atoms with Crippen LogP contribution in [0.4, 0.5) is 0 Å². The molecule has 0 bridgehead atoms. The maximum atomic E-state index is 4.91. The quantitative estimate of drug-likeness (QED) is 0.859. The normalized spacial score (nSPS) is 27.3. The van der Waals surface area contributed by atoms with Crippen LogP contribution in [0.1, 0.15) is 70.0 Å². The second-order valence-electron chi connectivity index (χ2n) is 7.04. The molecule has 1 N–H and O–H groups in total. The van der Waals surface area contributed by atoms with E-state index < -0.39 is 0 Å². The first-order chi connectivity index (χ1) is 10.4. The van der Waals surface area contributed by atoms with Crippen molar-refractivity contribution in [3.63, 3.8) is 0 Å². The molecule has 1 aromatic heterocycles. The van der Waals surface area contributed by atoms with Gasteiger partial charge in [0.25, 0.3) is 0 Å². The summed E-state index contributed by atoms with van der Waals surface area (Å²) in [6.45, 7) is 4.50. The summed E-state index contributed by atoms with van der Waals surface area (Å²) in [5, 5.41) is 8.45. The van der Waals surface area contributed by atoms with Crippen LogP contribution in [0.2, 0.25) is 0 Å². The Morgan fingerprint density at radius 2 is 1.90 bits per heavy atom. The largest absolute Gasteiger partial charge is 0.317 e. The molecular weight excluding hydrogens is 258 g/mol. The van der Waals surface area contributed by atoms with Crippen LogP contribution >= 0.6 is 0 Å². The first kappa shape index (κ1) is 15.1. The minimum Gasteiger partial charge on any atom is -0.317 e. The molecular formula is C18H31N3. The molecule has 2 unspecified atom stereocenters. The van der Waals surface area contributed by atoms with Crippen LogP contribution < -0.4 is 5.32 Å². The van der Waals surface area contributed by atoms with Gasteiger partial charge >= 0.3 is 0 Å². The van der Waals surface area contributed by atoms with Crippen molar-refractivity contribution < 1.29 is 0 Å². The lowest BCUT2D eigenvalue weighted by Gasteiger charge is -2.22. The van der Waals surface area contributed by atoms with Gasteiger partial charge in [-0.2, -0.15) is 5.10 Å². The number of hydrogen-bond donors (Lipinski definition) is 1. The van der Waals surface area contributed by atoms with Crippen molar-refractivity contribution in [1.29, 1.82) is 0 Å².